The summed E-state index contributed by atoms with van der Waals surface area (Å²) in [5.41, 5.74) is 1.87. The maximum absolute atomic E-state index is 12.6. The van der Waals surface area contributed by atoms with Gasteiger partial charge in [0.2, 0.25) is 0 Å². The first-order chi connectivity index (χ1) is 9.27. The molecule has 1 aliphatic heterocycles. The fourth-order valence-corrected chi connectivity index (χ4v) is 2.76. The van der Waals surface area contributed by atoms with Crippen LogP contribution in [0.15, 0.2) is 42.6 Å². The van der Waals surface area contributed by atoms with Crippen LogP contribution in [0.2, 0.25) is 0 Å². The van der Waals surface area contributed by atoms with Crippen LogP contribution >= 0.6 is 0 Å². The summed E-state index contributed by atoms with van der Waals surface area (Å²) in [4.78, 5) is 14.5. The number of amides is 1. The fraction of sp³-hybridized carbons (Fsp3) is 0.333. The zero-order chi connectivity index (χ0) is 13.2. The van der Waals surface area contributed by atoms with Gasteiger partial charge in [-0.15, -0.1) is 0 Å². The summed E-state index contributed by atoms with van der Waals surface area (Å²) in [5, 5.41) is 4.08. The second-order valence-corrected chi connectivity index (χ2v) is 4.91. The molecule has 0 spiro atoms. The first kappa shape index (κ1) is 12.0. The standard InChI is InChI=1S/C15H17N3O/c1-17-14(9-10-16-17)15(19)18-11-5-8-13(18)12-6-3-2-4-7-12/h2-4,6-7,9-10,13H,5,8,11H2,1H3. The van der Waals surface area contributed by atoms with E-state index in [0.717, 1.165) is 19.4 Å². The molecule has 0 saturated carbocycles. The van der Waals surface area contributed by atoms with Crippen molar-refractivity contribution in [1.29, 1.82) is 0 Å². The van der Waals surface area contributed by atoms with Crippen molar-refractivity contribution in [3.05, 3.63) is 53.9 Å². The minimum absolute atomic E-state index is 0.0753. The minimum atomic E-state index is 0.0753. The molecular weight excluding hydrogens is 238 g/mol. The second kappa shape index (κ2) is 4.88. The molecule has 0 N–H and O–H groups in total. The van der Waals surface area contributed by atoms with Crippen LogP contribution in [-0.4, -0.2) is 27.1 Å². The normalized spacial score (nSPS) is 18.8. The molecule has 2 heterocycles. The number of hydrogen-bond donors (Lipinski definition) is 0. The Morgan fingerprint density at radius 2 is 2.05 bits per heavy atom. The predicted octanol–water partition coefficient (Wildman–Crippen LogP) is 2.40. The molecule has 1 amide bonds. The van der Waals surface area contributed by atoms with Gasteiger partial charge in [-0.2, -0.15) is 5.10 Å². The van der Waals surface area contributed by atoms with Crippen molar-refractivity contribution in [2.24, 2.45) is 7.05 Å². The number of aromatic nitrogens is 2. The number of benzene rings is 1. The molecule has 1 atom stereocenters. The smallest absolute Gasteiger partial charge is 0.272 e. The van der Waals surface area contributed by atoms with E-state index in [1.165, 1.54) is 5.56 Å². The summed E-state index contributed by atoms with van der Waals surface area (Å²) >= 11 is 0. The van der Waals surface area contributed by atoms with Gasteiger partial charge in [-0.25, -0.2) is 0 Å². The third-order valence-corrected chi connectivity index (χ3v) is 3.74. The van der Waals surface area contributed by atoms with Gasteiger partial charge in [-0.05, 0) is 24.5 Å². The van der Waals surface area contributed by atoms with Crippen LogP contribution in [0.4, 0.5) is 0 Å². The Hall–Kier alpha value is -2.10. The topological polar surface area (TPSA) is 38.1 Å². The van der Waals surface area contributed by atoms with E-state index in [1.807, 2.05) is 23.1 Å². The molecule has 0 radical (unpaired) electrons. The first-order valence-electron chi connectivity index (χ1n) is 6.61. The van der Waals surface area contributed by atoms with E-state index < -0.39 is 0 Å². The Kier molecular flexibility index (Phi) is 3.07. The Morgan fingerprint density at radius 1 is 1.26 bits per heavy atom. The van der Waals surface area contributed by atoms with E-state index in [1.54, 1.807) is 24.0 Å². The van der Waals surface area contributed by atoms with E-state index >= 15 is 0 Å². The number of hydrogen-bond acceptors (Lipinski definition) is 2. The summed E-state index contributed by atoms with van der Waals surface area (Å²) < 4.78 is 1.64. The van der Waals surface area contributed by atoms with Crippen LogP contribution in [0.1, 0.15) is 34.9 Å². The van der Waals surface area contributed by atoms with Gasteiger partial charge in [-0.1, -0.05) is 30.3 Å². The van der Waals surface area contributed by atoms with Gasteiger partial charge < -0.3 is 4.90 Å². The molecular formula is C15H17N3O. The Bertz CT molecular complexity index is 576. The molecule has 1 fully saturated rings. The maximum Gasteiger partial charge on any atom is 0.272 e. The van der Waals surface area contributed by atoms with Crippen molar-refractivity contribution in [1.82, 2.24) is 14.7 Å². The highest BCUT2D eigenvalue weighted by Crippen LogP contribution is 2.32. The SMILES string of the molecule is Cn1nccc1C(=O)N1CCCC1c1ccccc1. The largest absolute Gasteiger partial charge is 0.330 e. The van der Waals surface area contributed by atoms with Gasteiger partial charge in [-0.3, -0.25) is 9.48 Å². The van der Waals surface area contributed by atoms with E-state index in [2.05, 4.69) is 17.2 Å². The molecule has 0 bridgehead atoms. The summed E-state index contributed by atoms with van der Waals surface area (Å²) in [7, 11) is 1.81. The Labute approximate surface area is 112 Å². The van der Waals surface area contributed by atoms with Gasteiger partial charge >= 0.3 is 0 Å². The van der Waals surface area contributed by atoms with E-state index in [-0.39, 0.29) is 11.9 Å². The van der Waals surface area contributed by atoms with Crippen LogP contribution < -0.4 is 0 Å². The lowest BCUT2D eigenvalue weighted by atomic mass is 10.0. The zero-order valence-corrected chi connectivity index (χ0v) is 11.0. The number of aryl methyl sites for hydroxylation is 1. The molecule has 4 nitrogen and oxygen atoms in total. The first-order valence-corrected chi connectivity index (χ1v) is 6.61. The van der Waals surface area contributed by atoms with Crippen molar-refractivity contribution >= 4 is 5.91 Å². The van der Waals surface area contributed by atoms with Crippen LogP contribution in [-0.2, 0) is 7.05 Å². The third kappa shape index (κ3) is 2.14. The number of rotatable bonds is 2. The van der Waals surface area contributed by atoms with Crippen molar-refractivity contribution < 1.29 is 4.79 Å². The maximum atomic E-state index is 12.6. The van der Waals surface area contributed by atoms with Crippen LogP contribution in [0.3, 0.4) is 0 Å². The summed E-state index contributed by atoms with van der Waals surface area (Å²) in [6.45, 7) is 0.823. The van der Waals surface area contributed by atoms with Crippen LogP contribution in [0, 0.1) is 0 Å². The molecule has 1 aliphatic rings. The third-order valence-electron chi connectivity index (χ3n) is 3.74. The Morgan fingerprint density at radius 3 is 2.74 bits per heavy atom. The minimum Gasteiger partial charge on any atom is -0.330 e. The number of likely N-dealkylation sites (tertiary alicyclic amines) is 1. The van der Waals surface area contributed by atoms with Crippen molar-refractivity contribution in [2.75, 3.05) is 6.54 Å². The predicted molar refractivity (Wildman–Crippen MR) is 72.7 cm³/mol. The Balaban J connectivity index is 1.88. The second-order valence-electron chi connectivity index (χ2n) is 4.91. The molecule has 1 aromatic carbocycles. The van der Waals surface area contributed by atoms with Gasteiger partial charge in [0.25, 0.3) is 5.91 Å². The lowest BCUT2D eigenvalue weighted by Crippen LogP contribution is -2.31. The van der Waals surface area contributed by atoms with Crippen molar-refractivity contribution in [3.63, 3.8) is 0 Å². The average Bonchev–Trinajstić information content (AvgIpc) is 3.07. The van der Waals surface area contributed by atoms with E-state index in [9.17, 15) is 4.79 Å². The number of carbonyl (C=O) groups excluding carboxylic acids is 1. The van der Waals surface area contributed by atoms with Crippen molar-refractivity contribution in [2.45, 2.75) is 18.9 Å². The highest BCUT2D eigenvalue weighted by atomic mass is 16.2. The quantitative estimate of drug-likeness (QED) is 0.826. The van der Waals surface area contributed by atoms with Crippen LogP contribution in [0.25, 0.3) is 0 Å². The highest BCUT2D eigenvalue weighted by molar-refractivity contribution is 5.93. The summed E-state index contributed by atoms with van der Waals surface area (Å²) in [6, 6.07) is 12.2. The summed E-state index contributed by atoms with van der Waals surface area (Å²) in [5.74, 6) is 0.0753. The monoisotopic (exact) mass is 255 g/mol. The molecule has 4 heteroatoms. The molecule has 1 saturated heterocycles. The highest BCUT2D eigenvalue weighted by Gasteiger charge is 2.31. The number of nitrogens with zero attached hydrogens (tertiary/aromatic N) is 3. The fourth-order valence-electron chi connectivity index (χ4n) is 2.76. The molecule has 0 aliphatic carbocycles. The van der Waals surface area contributed by atoms with Gasteiger partial charge in [0.05, 0.1) is 6.04 Å². The molecule has 3 rings (SSSR count). The molecule has 2 aromatic rings. The lowest BCUT2D eigenvalue weighted by Gasteiger charge is -2.25. The van der Waals surface area contributed by atoms with Gasteiger partial charge in [0.15, 0.2) is 0 Å². The molecule has 98 valence electrons. The van der Waals surface area contributed by atoms with Crippen molar-refractivity contribution in [3.8, 4) is 0 Å². The van der Waals surface area contributed by atoms with Gasteiger partial charge in [0.1, 0.15) is 5.69 Å². The average molecular weight is 255 g/mol. The molecule has 1 aromatic heterocycles. The summed E-state index contributed by atoms with van der Waals surface area (Å²) in [6.07, 6.45) is 3.76. The molecule has 19 heavy (non-hydrogen) atoms. The molecule has 1 unspecified atom stereocenters. The number of carbonyl (C=O) groups is 1. The van der Waals surface area contributed by atoms with Crippen LogP contribution in [0.5, 0.6) is 0 Å². The zero-order valence-electron chi connectivity index (χ0n) is 11.0. The van der Waals surface area contributed by atoms with E-state index in [4.69, 9.17) is 0 Å². The van der Waals surface area contributed by atoms with Gasteiger partial charge in [0, 0.05) is 19.8 Å². The van der Waals surface area contributed by atoms with E-state index in [0.29, 0.717) is 5.69 Å². The lowest BCUT2D eigenvalue weighted by molar-refractivity contribution is 0.0724.